The lowest BCUT2D eigenvalue weighted by Gasteiger charge is -2.29. The van der Waals surface area contributed by atoms with E-state index in [0.717, 1.165) is 5.57 Å². The third-order valence-electron chi connectivity index (χ3n) is 2.46. The van der Waals surface area contributed by atoms with E-state index < -0.39 is 12.1 Å². The SMILES string of the molecule is CC(C)(C)C1=CC=CC(C(F)(F)F)C1. The summed E-state index contributed by atoms with van der Waals surface area (Å²) in [5.74, 6) is -1.30. The highest BCUT2D eigenvalue weighted by atomic mass is 19.4. The molecule has 0 aliphatic heterocycles. The predicted molar refractivity (Wildman–Crippen MR) is 50.8 cm³/mol. The average Bonchev–Trinajstić information content (AvgIpc) is 2.01. The van der Waals surface area contributed by atoms with Gasteiger partial charge in [0.15, 0.2) is 0 Å². The molecule has 0 fully saturated rings. The van der Waals surface area contributed by atoms with E-state index in [4.69, 9.17) is 0 Å². The number of rotatable bonds is 0. The van der Waals surface area contributed by atoms with Crippen LogP contribution in [0.15, 0.2) is 23.8 Å². The molecule has 0 spiro atoms. The van der Waals surface area contributed by atoms with Crippen molar-refractivity contribution < 1.29 is 13.2 Å². The minimum absolute atomic E-state index is 0.101. The van der Waals surface area contributed by atoms with E-state index in [1.165, 1.54) is 12.2 Å². The molecule has 1 aliphatic rings. The highest BCUT2D eigenvalue weighted by molar-refractivity contribution is 5.24. The van der Waals surface area contributed by atoms with Crippen LogP contribution in [0, 0.1) is 11.3 Å². The number of alkyl halides is 3. The van der Waals surface area contributed by atoms with Crippen molar-refractivity contribution in [3.8, 4) is 0 Å². The van der Waals surface area contributed by atoms with Gasteiger partial charge in [-0.1, -0.05) is 44.6 Å². The standard InChI is InChI=1S/C11H15F3/c1-10(2,3)8-5-4-6-9(7-8)11(12,13)14/h4-6,9H,7H2,1-3H3. The first-order valence-corrected chi connectivity index (χ1v) is 4.66. The van der Waals surface area contributed by atoms with Crippen LogP contribution >= 0.6 is 0 Å². The van der Waals surface area contributed by atoms with Crippen LogP contribution in [0.3, 0.4) is 0 Å². The summed E-state index contributed by atoms with van der Waals surface area (Å²) in [5, 5.41) is 0. The van der Waals surface area contributed by atoms with Crippen LogP contribution < -0.4 is 0 Å². The molecule has 0 aromatic heterocycles. The second-order valence-electron chi connectivity index (χ2n) is 4.68. The van der Waals surface area contributed by atoms with Crippen molar-refractivity contribution in [1.29, 1.82) is 0 Å². The summed E-state index contributed by atoms with van der Waals surface area (Å²) in [7, 11) is 0. The van der Waals surface area contributed by atoms with Gasteiger partial charge < -0.3 is 0 Å². The smallest absolute Gasteiger partial charge is 0.170 e. The Morgan fingerprint density at radius 3 is 2.21 bits per heavy atom. The maximum absolute atomic E-state index is 12.4. The maximum atomic E-state index is 12.4. The molecule has 0 saturated carbocycles. The molecule has 1 rings (SSSR count). The quantitative estimate of drug-likeness (QED) is 0.557. The van der Waals surface area contributed by atoms with Crippen molar-refractivity contribution in [1.82, 2.24) is 0 Å². The zero-order valence-corrected chi connectivity index (χ0v) is 8.65. The summed E-state index contributed by atoms with van der Waals surface area (Å²) >= 11 is 0. The molecule has 0 N–H and O–H groups in total. The fourth-order valence-corrected chi connectivity index (χ4v) is 1.46. The molecule has 0 amide bonds. The van der Waals surface area contributed by atoms with Gasteiger partial charge in [-0.3, -0.25) is 0 Å². The molecule has 0 radical (unpaired) electrons. The summed E-state index contributed by atoms with van der Waals surface area (Å²) in [4.78, 5) is 0. The van der Waals surface area contributed by atoms with E-state index in [0.29, 0.717) is 0 Å². The first kappa shape index (κ1) is 11.3. The molecule has 14 heavy (non-hydrogen) atoms. The molecule has 1 unspecified atom stereocenters. The van der Waals surface area contributed by atoms with Gasteiger partial charge in [-0.2, -0.15) is 13.2 Å². The Balaban J connectivity index is 2.80. The maximum Gasteiger partial charge on any atom is 0.395 e. The molecule has 0 aromatic carbocycles. The monoisotopic (exact) mass is 204 g/mol. The van der Waals surface area contributed by atoms with Gasteiger partial charge in [0.25, 0.3) is 0 Å². The van der Waals surface area contributed by atoms with E-state index in [-0.39, 0.29) is 11.8 Å². The minimum Gasteiger partial charge on any atom is -0.170 e. The van der Waals surface area contributed by atoms with E-state index in [1.807, 2.05) is 20.8 Å². The van der Waals surface area contributed by atoms with E-state index in [2.05, 4.69) is 0 Å². The molecule has 0 bridgehead atoms. The second-order valence-corrected chi connectivity index (χ2v) is 4.68. The molecule has 1 atom stereocenters. The summed E-state index contributed by atoms with van der Waals surface area (Å²) in [6, 6.07) is 0. The fraction of sp³-hybridized carbons (Fsp3) is 0.636. The molecule has 0 heterocycles. The molecule has 0 aromatic rings. The third-order valence-corrected chi connectivity index (χ3v) is 2.46. The molecule has 3 heteroatoms. The lowest BCUT2D eigenvalue weighted by atomic mass is 9.78. The van der Waals surface area contributed by atoms with Gasteiger partial charge in [0, 0.05) is 0 Å². The molecule has 0 nitrogen and oxygen atoms in total. The summed E-state index contributed by atoms with van der Waals surface area (Å²) in [5.41, 5.74) is 0.691. The van der Waals surface area contributed by atoms with Crippen LogP contribution in [-0.2, 0) is 0 Å². The zero-order chi connectivity index (χ0) is 11.0. The first-order valence-electron chi connectivity index (χ1n) is 4.66. The molecule has 80 valence electrons. The Morgan fingerprint density at radius 1 is 1.21 bits per heavy atom. The van der Waals surface area contributed by atoms with Crippen molar-refractivity contribution in [3.63, 3.8) is 0 Å². The van der Waals surface area contributed by atoms with Gasteiger partial charge in [-0.15, -0.1) is 0 Å². The van der Waals surface area contributed by atoms with Gasteiger partial charge in [0.1, 0.15) is 0 Å². The average molecular weight is 204 g/mol. The molecule has 0 saturated heterocycles. The summed E-state index contributed by atoms with van der Waals surface area (Å²) < 4.78 is 37.3. The van der Waals surface area contributed by atoms with Crippen molar-refractivity contribution in [2.45, 2.75) is 33.4 Å². The highest BCUT2D eigenvalue weighted by Crippen LogP contribution is 2.39. The number of allylic oxidation sites excluding steroid dienone is 4. The van der Waals surface area contributed by atoms with Crippen LogP contribution in [0.1, 0.15) is 27.2 Å². The van der Waals surface area contributed by atoms with Gasteiger partial charge in [0.05, 0.1) is 5.92 Å². The molecular formula is C11H15F3. The largest absolute Gasteiger partial charge is 0.395 e. The fourth-order valence-electron chi connectivity index (χ4n) is 1.46. The number of hydrogen-bond acceptors (Lipinski definition) is 0. The normalized spacial score (nSPS) is 23.6. The Hall–Kier alpha value is -0.730. The zero-order valence-electron chi connectivity index (χ0n) is 8.65. The van der Waals surface area contributed by atoms with Crippen LogP contribution in [0.2, 0.25) is 0 Å². The van der Waals surface area contributed by atoms with Crippen LogP contribution in [0.4, 0.5) is 13.2 Å². The Bertz CT molecular complexity index is 263. The van der Waals surface area contributed by atoms with E-state index >= 15 is 0 Å². The lowest BCUT2D eigenvalue weighted by Crippen LogP contribution is -2.25. The summed E-state index contributed by atoms with van der Waals surface area (Å²) in [6.45, 7) is 5.81. The van der Waals surface area contributed by atoms with E-state index in [1.54, 1.807) is 6.08 Å². The molecular weight excluding hydrogens is 189 g/mol. The van der Waals surface area contributed by atoms with Gasteiger partial charge in [-0.25, -0.2) is 0 Å². The Morgan fingerprint density at radius 2 is 1.79 bits per heavy atom. The predicted octanol–water partition coefficient (Wildman–Crippen LogP) is 4.10. The van der Waals surface area contributed by atoms with Crippen molar-refractivity contribution in [2.24, 2.45) is 11.3 Å². The minimum atomic E-state index is -4.11. The Labute approximate surface area is 82.5 Å². The Kier molecular flexibility index (Phi) is 2.79. The van der Waals surface area contributed by atoms with Gasteiger partial charge in [0.2, 0.25) is 0 Å². The van der Waals surface area contributed by atoms with Gasteiger partial charge >= 0.3 is 6.18 Å². The number of hydrogen-bond donors (Lipinski definition) is 0. The van der Waals surface area contributed by atoms with Gasteiger partial charge in [-0.05, 0) is 11.8 Å². The van der Waals surface area contributed by atoms with Crippen molar-refractivity contribution >= 4 is 0 Å². The van der Waals surface area contributed by atoms with Crippen molar-refractivity contribution in [3.05, 3.63) is 23.8 Å². The topological polar surface area (TPSA) is 0 Å². The van der Waals surface area contributed by atoms with Crippen LogP contribution in [-0.4, -0.2) is 6.18 Å². The lowest BCUT2D eigenvalue weighted by molar-refractivity contribution is -0.161. The third kappa shape index (κ3) is 2.63. The van der Waals surface area contributed by atoms with Crippen molar-refractivity contribution in [2.75, 3.05) is 0 Å². The van der Waals surface area contributed by atoms with E-state index in [9.17, 15) is 13.2 Å². The highest BCUT2D eigenvalue weighted by Gasteiger charge is 2.40. The number of halogens is 3. The second kappa shape index (κ2) is 3.44. The first-order chi connectivity index (χ1) is 6.21. The molecule has 1 aliphatic carbocycles. The van der Waals surface area contributed by atoms with Crippen LogP contribution in [0.5, 0.6) is 0 Å². The summed E-state index contributed by atoms with van der Waals surface area (Å²) in [6.07, 6.45) is 0.532. The van der Waals surface area contributed by atoms with Crippen LogP contribution in [0.25, 0.3) is 0 Å².